The quantitative estimate of drug-likeness (QED) is 0.662. The second-order valence-corrected chi connectivity index (χ2v) is 9.46. The minimum absolute atomic E-state index is 0.263. The zero-order chi connectivity index (χ0) is 18.2. The van der Waals surface area contributed by atoms with Gasteiger partial charge in [-0.2, -0.15) is 0 Å². The monoisotopic (exact) mass is 373 g/mol. The predicted molar refractivity (Wildman–Crippen MR) is 112 cm³/mol. The third-order valence-electron chi connectivity index (χ3n) is 4.51. The number of hydrogen-bond acceptors (Lipinski definition) is 5. The summed E-state index contributed by atoms with van der Waals surface area (Å²) in [6.45, 7) is 13.3. The molecule has 1 aromatic carbocycles. The fourth-order valence-electron chi connectivity index (χ4n) is 3.16. The molecule has 5 heteroatoms. The third kappa shape index (κ3) is 3.72. The SMILES string of the molecule is Cc1ncsc1C1=CSC(C)(Nc2c(C(C)C)cccc2C(C)C)N1. The maximum Gasteiger partial charge on any atom is 0.158 e. The number of aromatic nitrogens is 1. The van der Waals surface area contributed by atoms with Gasteiger partial charge in [0.15, 0.2) is 4.99 Å². The molecule has 25 heavy (non-hydrogen) atoms. The van der Waals surface area contributed by atoms with Gasteiger partial charge >= 0.3 is 0 Å². The number of anilines is 1. The van der Waals surface area contributed by atoms with Gasteiger partial charge in [0.2, 0.25) is 0 Å². The summed E-state index contributed by atoms with van der Waals surface area (Å²) in [5.74, 6) is 0.958. The van der Waals surface area contributed by atoms with Gasteiger partial charge in [-0.25, -0.2) is 4.98 Å². The van der Waals surface area contributed by atoms with E-state index < -0.39 is 0 Å². The van der Waals surface area contributed by atoms with Crippen molar-refractivity contribution in [2.24, 2.45) is 0 Å². The highest BCUT2D eigenvalue weighted by Gasteiger charge is 2.33. The number of nitrogens with one attached hydrogen (secondary N) is 2. The zero-order valence-corrected chi connectivity index (χ0v) is 17.4. The molecule has 0 fully saturated rings. The average Bonchev–Trinajstić information content (AvgIpc) is 3.13. The van der Waals surface area contributed by atoms with E-state index in [4.69, 9.17) is 0 Å². The molecule has 0 saturated heterocycles. The smallest absolute Gasteiger partial charge is 0.158 e. The Morgan fingerprint density at radius 2 is 1.76 bits per heavy atom. The van der Waals surface area contributed by atoms with Crippen LogP contribution in [0.15, 0.2) is 29.1 Å². The van der Waals surface area contributed by atoms with E-state index in [9.17, 15) is 0 Å². The lowest BCUT2D eigenvalue weighted by atomic mass is 9.92. The standard InChI is InChI=1S/C20H27N3S2/c1-12(2)15-8-7-9-16(13(3)4)18(15)23-20(6)22-17(10-25-20)19-14(5)21-11-24-19/h7-13,22-23H,1-6H3. The Labute approximate surface area is 159 Å². The van der Waals surface area contributed by atoms with Crippen LogP contribution in [0.4, 0.5) is 5.69 Å². The molecule has 2 aromatic rings. The molecule has 0 bridgehead atoms. The molecule has 1 atom stereocenters. The van der Waals surface area contributed by atoms with Crippen LogP contribution in [0, 0.1) is 6.92 Å². The molecular weight excluding hydrogens is 346 g/mol. The summed E-state index contributed by atoms with van der Waals surface area (Å²) >= 11 is 3.48. The lowest BCUT2D eigenvalue weighted by Crippen LogP contribution is -2.42. The second kappa shape index (κ2) is 7.04. The van der Waals surface area contributed by atoms with Gasteiger partial charge in [0.25, 0.3) is 0 Å². The van der Waals surface area contributed by atoms with Crippen LogP contribution in [0.2, 0.25) is 0 Å². The molecule has 3 nitrogen and oxygen atoms in total. The molecule has 2 heterocycles. The number of aryl methyl sites for hydroxylation is 1. The molecule has 0 spiro atoms. The highest BCUT2D eigenvalue weighted by atomic mass is 32.2. The lowest BCUT2D eigenvalue weighted by molar-refractivity contribution is 0.674. The zero-order valence-electron chi connectivity index (χ0n) is 15.8. The molecule has 0 saturated carbocycles. The normalized spacial score (nSPS) is 20.1. The van der Waals surface area contributed by atoms with E-state index in [2.05, 4.69) is 80.8 Å². The lowest BCUT2D eigenvalue weighted by Gasteiger charge is -2.32. The van der Waals surface area contributed by atoms with Crippen molar-refractivity contribution in [2.75, 3.05) is 5.32 Å². The molecule has 1 aromatic heterocycles. The van der Waals surface area contributed by atoms with Crippen LogP contribution >= 0.6 is 23.1 Å². The molecule has 3 rings (SSSR count). The summed E-state index contributed by atoms with van der Waals surface area (Å²) < 4.78 is 0. The number of nitrogens with zero attached hydrogens (tertiary/aromatic N) is 1. The Morgan fingerprint density at radius 3 is 2.28 bits per heavy atom. The Balaban J connectivity index is 1.89. The minimum atomic E-state index is -0.263. The fraction of sp³-hybridized carbons (Fsp3) is 0.450. The van der Waals surface area contributed by atoms with E-state index in [0.29, 0.717) is 11.8 Å². The van der Waals surface area contributed by atoms with Crippen molar-refractivity contribution in [3.8, 4) is 0 Å². The van der Waals surface area contributed by atoms with E-state index in [1.165, 1.54) is 21.7 Å². The van der Waals surface area contributed by atoms with E-state index >= 15 is 0 Å². The van der Waals surface area contributed by atoms with Gasteiger partial charge in [0.1, 0.15) is 0 Å². The Morgan fingerprint density at radius 1 is 1.12 bits per heavy atom. The predicted octanol–water partition coefficient (Wildman–Crippen LogP) is 6.12. The van der Waals surface area contributed by atoms with E-state index in [1.807, 2.05) is 5.51 Å². The number of hydrogen-bond donors (Lipinski definition) is 2. The maximum atomic E-state index is 4.38. The topological polar surface area (TPSA) is 37.0 Å². The van der Waals surface area contributed by atoms with Crippen molar-refractivity contribution in [1.29, 1.82) is 0 Å². The number of thioether (sulfide) groups is 1. The van der Waals surface area contributed by atoms with Crippen molar-refractivity contribution in [3.63, 3.8) is 0 Å². The molecule has 1 unspecified atom stereocenters. The summed E-state index contributed by atoms with van der Waals surface area (Å²) in [4.78, 5) is 5.33. The van der Waals surface area contributed by atoms with Gasteiger partial charge < -0.3 is 10.6 Å². The number of rotatable bonds is 5. The van der Waals surface area contributed by atoms with Gasteiger partial charge in [0.05, 0.1) is 21.8 Å². The van der Waals surface area contributed by atoms with Crippen LogP contribution in [-0.4, -0.2) is 9.98 Å². The Hall–Kier alpha value is -1.46. The molecule has 0 radical (unpaired) electrons. The van der Waals surface area contributed by atoms with Crippen LogP contribution in [0.3, 0.4) is 0 Å². The van der Waals surface area contributed by atoms with Crippen LogP contribution in [0.1, 0.15) is 68.2 Å². The fourth-order valence-corrected chi connectivity index (χ4v) is 4.87. The van der Waals surface area contributed by atoms with Crippen molar-refractivity contribution in [2.45, 2.75) is 58.4 Å². The van der Waals surface area contributed by atoms with Crippen molar-refractivity contribution in [3.05, 3.63) is 50.8 Å². The first-order chi connectivity index (χ1) is 11.8. The minimum Gasteiger partial charge on any atom is -0.354 e. The summed E-state index contributed by atoms with van der Waals surface area (Å²) in [6.07, 6.45) is 0. The molecule has 0 aliphatic carbocycles. The van der Waals surface area contributed by atoms with Gasteiger partial charge in [0, 0.05) is 5.69 Å². The second-order valence-electron chi connectivity index (χ2n) is 7.32. The summed E-state index contributed by atoms with van der Waals surface area (Å²) in [5.41, 5.74) is 8.17. The van der Waals surface area contributed by atoms with Gasteiger partial charge in [-0.1, -0.05) is 57.7 Å². The van der Waals surface area contributed by atoms with Crippen LogP contribution < -0.4 is 10.6 Å². The van der Waals surface area contributed by atoms with Gasteiger partial charge in [-0.05, 0) is 42.2 Å². The first kappa shape index (κ1) is 18.3. The molecule has 1 aliphatic heterocycles. The van der Waals surface area contributed by atoms with Crippen molar-refractivity contribution in [1.82, 2.24) is 10.3 Å². The van der Waals surface area contributed by atoms with Crippen LogP contribution in [-0.2, 0) is 0 Å². The first-order valence-electron chi connectivity index (χ1n) is 8.78. The van der Waals surface area contributed by atoms with Gasteiger partial charge in [-0.3, -0.25) is 0 Å². The summed E-state index contributed by atoms with van der Waals surface area (Å²) in [7, 11) is 0. The summed E-state index contributed by atoms with van der Waals surface area (Å²) in [5, 5.41) is 9.70. The highest BCUT2D eigenvalue weighted by Crippen LogP contribution is 2.41. The molecule has 2 N–H and O–H groups in total. The van der Waals surface area contributed by atoms with Crippen molar-refractivity contribution >= 4 is 34.5 Å². The number of para-hydroxylation sites is 1. The van der Waals surface area contributed by atoms with Crippen LogP contribution in [0.5, 0.6) is 0 Å². The Bertz CT molecular complexity index is 766. The van der Waals surface area contributed by atoms with E-state index in [1.54, 1.807) is 23.1 Å². The van der Waals surface area contributed by atoms with Gasteiger partial charge in [-0.15, -0.1) is 11.3 Å². The maximum absolute atomic E-state index is 4.38. The molecule has 1 aliphatic rings. The van der Waals surface area contributed by atoms with E-state index in [0.717, 1.165) is 11.4 Å². The molecule has 134 valence electrons. The van der Waals surface area contributed by atoms with Crippen molar-refractivity contribution < 1.29 is 0 Å². The largest absolute Gasteiger partial charge is 0.354 e. The molecular formula is C20H27N3S2. The number of benzene rings is 1. The van der Waals surface area contributed by atoms with Crippen LogP contribution in [0.25, 0.3) is 5.70 Å². The number of thiazole rings is 1. The highest BCUT2D eigenvalue weighted by molar-refractivity contribution is 8.04. The first-order valence-corrected chi connectivity index (χ1v) is 10.5. The summed E-state index contributed by atoms with van der Waals surface area (Å²) in [6, 6.07) is 6.66. The average molecular weight is 374 g/mol. The van der Waals surface area contributed by atoms with E-state index in [-0.39, 0.29) is 4.99 Å². The third-order valence-corrected chi connectivity index (χ3v) is 6.50. The Kier molecular flexibility index (Phi) is 5.16. The molecule has 0 amide bonds.